The van der Waals surface area contributed by atoms with Gasteiger partial charge in [-0.1, -0.05) is 13.3 Å². The predicted molar refractivity (Wildman–Crippen MR) is 139 cm³/mol. The third-order valence-electron chi connectivity index (χ3n) is 7.45. The lowest BCUT2D eigenvalue weighted by Crippen LogP contribution is -2.46. The van der Waals surface area contributed by atoms with Crippen molar-refractivity contribution in [2.75, 3.05) is 39.2 Å². The van der Waals surface area contributed by atoms with Gasteiger partial charge in [-0.25, -0.2) is 0 Å². The first kappa shape index (κ1) is 26.1. The molecule has 1 aliphatic heterocycles. The number of methoxy groups -OCH3 is 1. The molecule has 1 N–H and O–H groups in total. The van der Waals surface area contributed by atoms with Gasteiger partial charge in [0.2, 0.25) is 5.91 Å². The van der Waals surface area contributed by atoms with Gasteiger partial charge in [-0.05, 0) is 55.5 Å². The van der Waals surface area contributed by atoms with Gasteiger partial charge in [0.1, 0.15) is 12.4 Å². The van der Waals surface area contributed by atoms with Crippen molar-refractivity contribution in [1.82, 2.24) is 14.8 Å². The molecule has 0 radical (unpaired) electrons. The van der Waals surface area contributed by atoms with Gasteiger partial charge in [0.05, 0.1) is 11.7 Å². The molecule has 36 heavy (non-hydrogen) atoms. The molecule has 1 aliphatic carbocycles. The summed E-state index contributed by atoms with van der Waals surface area (Å²) < 4.78 is 12.1. The normalized spacial score (nSPS) is 24.1. The van der Waals surface area contributed by atoms with Crippen LogP contribution in [-0.2, 0) is 16.1 Å². The van der Waals surface area contributed by atoms with E-state index < -0.39 is 0 Å². The zero-order chi connectivity index (χ0) is 25.7. The first-order valence-corrected chi connectivity index (χ1v) is 12.8. The average Bonchev–Trinajstić information content (AvgIpc) is 2.83. The summed E-state index contributed by atoms with van der Waals surface area (Å²) in [5, 5.41) is 3.00. The standard InChI is InChI=1S/C28H38N4O4/c1-19-15-32(16-21-10-12-29-13-11-21)20(2)18-36-25-14-23(30-27(33)22-6-5-7-22)8-9-24(25)28(34)31(3)17-26(19)35-4/h8-14,19-20,22,26H,5-7,15-18H2,1-4H3,(H,30,33)/t19-,20+,26-/m0/s1. The number of carbonyl (C=O) groups is 2. The van der Waals surface area contributed by atoms with Crippen molar-refractivity contribution >= 4 is 17.5 Å². The number of benzene rings is 1. The Hall–Kier alpha value is -2.97. The van der Waals surface area contributed by atoms with Crippen LogP contribution in [0.15, 0.2) is 42.7 Å². The van der Waals surface area contributed by atoms with Crippen molar-refractivity contribution < 1.29 is 19.1 Å². The summed E-state index contributed by atoms with van der Waals surface area (Å²) in [6, 6.07) is 9.45. The summed E-state index contributed by atoms with van der Waals surface area (Å²) in [5.74, 6) is 0.660. The lowest BCUT2D eigenvalue weighted by molar-refractivity contribution is -0.122. The van der Waals surface area contributed by atoms with E-state index in [1.54, 1.807) is 37.3 Å². The number of hydrogen-bond acceptors (Lipinski definition) is 6. The Labute approximate surface area is 214 Å². The van der Waals surface area contributed by atoms with Crippen LogP contribution in [0.4, 0.5) is 5.69 Å². The van der Waals surface area contributed by atoms with Crippen LogP contribution >= 0.6 is 0 Å². The van der Waals surface area contributed by atoms with Gasteiger partial charge in [0.25, 0.3) is 5.91 Å². The van der Waals surface area contributed by atoms with Crippen LogP contribution < -0.4 is 10.1 Å². The molecule has 1 saturated carbocycles. The molecule has 2 heterocycles. The van der Waals surface area contributed by atoms with Crippen molar-refractivity contribution in [3.8, 4) is 5.75 Å². The number of carbonyl (C=O) groups excluding carboxylic acids is 2. The van der Waals surface area contributed by atoms with Gasteiger partial charge in [-0.15, -0.1) is 0 Å². The maximum absolute atomic E-state index is 13.4. The molecule has 2 amide bonds. The summed E-state index contributed by atoms with van der Waals surface area (Å²) in [5.41, 5.74) is 2.31. The summed E-state index contributed by atoms with van der Waals surface area (Å²) in [6.45, 7) is 6.71. The number of likely N-dealkylation sites (N-methyl/N-ethyl adjacent to an activating group) is 1. The lowest BCUT2D eigenvalue weighted by Gasteiger charge is -2.36. The predicted octanol–water partition coefficient (Wildman–Crippen LogP) is 3.83. The second kappa shape index (κ2) is 11.8. The second-order valence-electron chi connectivity index (χ2n) is 10.2. The smallest absolute Gasteiger partial charge is 0.257 e. The number of fused-ring (bicyclic) bond motifs is 1. The summed E-state index contributed by atoms with van der Waals surface area (Å²) in [6.07, 6.45) is 6.47. The van der Waals surface area contributed by atoms with Crippen LogP contribution in [0.25, 0.3) is 0 Å². The molecule has 194 valence electrons. The van der Waals surface area contributed by atoms with E-state index in [0.717, 1.165) is 32.4 Å². The monoisotopic (exact) mass is 494 g/mol. The third-order valence-corrected chi connectivity index (χ3v) is 7.45. The average molecular weight is 495 g/mol. The van der Waals surface area contributed by atoms with E-state index in [1.165, 1.54) is 5.56 Å². The van der Waals surface area contributed by atoms with Crippen LogP contribution in [0.3, 0.4) is 0 Å². The van der Waals surface area contributed by atoms with Gasteiger partial charge < -0.3 is 19.7 Å². The number of anilines is 1. The van der Waals surface area contributed by atoms with Crippen molar-refractivity contribution in [3.05, 3.63) is 53.9 Å². The van der Waals surface area contributed by atoms with Crippen LogP contribution in [0.2, 0.25) is 0 Å². The van der Waals surface area contributed by atoms with Gasteiger partial charge >= 0.3 is 0 Å². The minimum Gasteiger partial charge on any atom is -0.491 e. The van der Waals surface area contributed by atoms with Crippen molar-refractivity contribution in [2.45, 2.75) is 51.8 Å². The number of nitrogens with one attached hydrogen (secondary N) is 1. The highest BCUT2D eigenvalue weighted by molar-refractivity contribution is 5.99. The molecule has 2 aliphatic rings. The van der Waals surface area contributed by atoms with E-state index in [2.05, 4.69) is 29.0 Å². The molecule has 4 rings (SSSR count). The van der Waals surface area contributed by atoms with Gasteiger partial charge in [-0.3, -0.25) is 19.5 Å². The molecule has 0 spiro atoms. The van der Waals surface area contributed by atoms with Crippen molar-refractivity contribution in [3.63, 3.8) is 0 Å². The minimum atomic E-state index is -0.127. The first-order chi connectivity index (χ1) is 17.4. The highest BCUT2D eigenvalue weighted by atomic mass is 16.5. The summed E-state index contributed by atoms with van der Waals surface area (Å²) in [4.78, 5) is 34.1. The van der Waals surface area contributed by atoms with E-state index in [0.29, 0.717) is 30.2 Å². The molecule has 0 bridgehead atoms. The fourth-order valence-electron chi connectivity index (χ4n) is 4.78. The quantitative estimate of drug-likeness (QED) is 0.680. The van der Waals surface area contributed by atoms with E-state index in [9.17, 15) is 9.59 Å². The Morgan fingerprint density at radius 3 is 2.58 bits per heavy atom. The molecule has 3 atom stereocenters. The molecule has 1 aromatic carbocycles. The van der Waals surface area contributed by atoms with Gasteiger partial charge in [-0.2, -0.15) is 0 Å². The van der Waals surface area contributed by atoms with Crippen LogP contribution in [0, 0.1) is 11.8 Å². The SMILES string of the molecule is CO[C@H]1CN(C)C(=O)c2ccc(NC(=O)C3CCC3)cc2OC[C@@H](C)N(Cc2ccncc2)C[C@@H]1C. The van der Waals surface area contributed by atoms with Gasteiger partial charge in [0, 0.05) is 69.9 Å². The molecular weight excluding hydrogens is 456 g/mol. The largest absolute Gasteiger partial charge is 0.491 e. The Kier molecular flexibility index (Phi) is 8.59. The maximum atomic E-state index is 13.4. The van der Waals surface area contributed by atoms with Crippen LogP contribution in [-0.4, -0.2) is 72.6 Å². The Morgan fingerprint density at radius 1 is 1.17 bits per heavy atom. The number of amides is 2. The Balaban J connectivity index is 1.61. The molecule has 1 aromatic heterocycles. The first-order valence-electron chi connectivity index (χ1n) is 12.8. The number of rotatable bonds is 5. The molecule has 0 unspecified atom stereocenters. The number of hydrogen-bond donors (Lipinski definition) is 1. The topological polar surface area (TPSA) is 84.0 Å². The summed E-state index contributed by atoms with van der Waals surface area (Å²) >= 11 is 0. The van der Waals surface area contributed by atoms with E-state index in [1.807, 2.05) is 24.5 Å². The highest BCUT2D eigenvalue weighted by Gasteiger charge is 2.29. The lowest BCUT2D eigenvalue weighted by atomic mass is 9.85. The van der Waals surface area contributed by atoms with Gasteiger partial charge in [0.15, 0.2) is 0 Å². The number of aromatic nitrogens is 1. The Bertz CT molecular complexity index is 1040. The molecule has 2 aromatic rings. The van der Waals surface area contributed by atoms with Crippen LogP contribution in [0.5, 0.6) is 5.75 Å². The fourth-order valence-corrected chi connectivity index (χ4v) is 4.78. The van der Waals surface area contributed by atoms with E-state index in [4.69, 9.17) is 9.47 Å². The fraction of sp³-hybridized carbons (Fsp3) is 0.536. The molecule has 8 heteroatoms. The molecule has 1 fully saturated rings. The van der Waals surface area contributed by atoms with E-state index in [-0.39, 0.29) is 35.8 Å². The molecular formula is C28H38N4O4. The van der Waals surface area contributed by atoms with Crippen LogP contribution in [0.1, 0.15) is 49.0 Å². The van der Waals surface area contributed by atoms with Crippen molar-refractivity contribution in [2.24, 2.45) is 11.8 Å². The maximum Gasteiger partial charge on any atom is 0.257 e. The summed E-state index contributed by atoms with van der Waals surface area (Å²) in [7, 11) is 3.50. The number of nitrogens with zero attached hydrogens (tertiary/aromatic N) is 3. The third kappa shape index (κ3) is 6.23. The molecule has 0 saturated heterocycles. The van der Waals surface area contributed by atoms with E-state index >= 15 is 0 Å². The Morgan fingerprint density at radius 2 is 1.92 bits per heavy atom. The van der Waals surface area contributed by atoms with Crippen molar-refractivity contribution in [1.29, 1.82) is 0 Å². The number of pyridine rings is 1. The number of ether oxygens (including phenoxy) is 2. The molecule has 8 nitrogen and oxygen atoms in total. The zero-order valence-electron chi connectivity index (χ0n) is 21.8. The second-order valence-corrected chi connectivity index (χ2v) is 10.2. The minimum absolute atomic E-state index is 0.0339. The zero-order valence-corrected chi connectivity index (χ0v) is 21.8. The highest BCUT2D eigenvalue weighted by Crippen LogP contribution is 2.30.